The molecule has 0 radical (unpaired) electrons. The highest BCUT2D eigenvalue weighted by Gasteiger charge is 2.17. The Kier molecular flexibility index (Phi) is 6.34. The van der Waals surface area contributed by atoms with Crippen LogP contribution in [0.2, 0.25) is 0 Å². The third-order valence-electron chi connectivity index (χ3n) is 3.45. The van der Waals surface area contributed by atoms with Gasteiger partial charge >= 0.3 is 6.03 Å². The van der Waals surface area contributed by atoms with Crippen LogP contribution in [0.3, 0.4) is 0 Å². The highest BCUT2D eigenvalue weighted by Crippen LogP contribution is 2.23. The van der Waals surface area contributed by atoms with Gasteiger partial charge in [0.05, 0.1) is 18.8 Å². The summed E-state index contributed by atoms with van der Waals surface area (Å²) < 4.78 is 5.43. The molecule has 0 aliphatic carbocycles. The summed E-state index contributed by atoms with van der Waals surface area (Å²) in [4.78, 5) is 16.7. The van der Waals surface area contributed by atoms with Gasteiger partial charge < -0.3 is 15.4 Å². The van der Waals surface area contributed by atoms with Crippen molar-refractivity contribution in [2.45, 2.75) is 46.3 Å². The van der Waals surface area contributed by atoms with Crippen molar-refractivity contribution in [3.8, 4) is 0 Å². The number of rotatable bonds is 6. The van der Waals surface area contributed by atoms with Crippen LogP contribution in [0.5, 0.6) is 0 Å². The molecule has 2 amide bonds. The molecule has 1 aromatic carbocycles. The lowest BCUT2D eigenvalue weighted by Gasteiger charge is -2.14. The van der Waals surface area contributed by atoms with E-state index >= 15 is 0 Å². The highest BCUT2D eigenvalue weighted by molar-refractivity contribution is 7.09. The second-order valence-electron chi connectivity index (χ2n) is 6.48. The number of aromatic nitrogens is 1. The minimum absolute atomic E-state index is 0.0230. The lowest BCUT2D eigenvalue weighted by molar-refractivity contribution is 0.134. The minimum atomic E-state index is -0.244. The van der Waals surface area contributed by atoms with Crippen LogP contribution in [0, 0.1) is 0 Å². The number of hydrogen-bond acceptors (Lipinski definition) is 4. The second-order valence-corrected chi connectivity index (χ2v) is 7.42. The van der Waals surface area contributed by atoms with Crippen molar-refractivity contribution < 1.29 is 9.53 Å². The number of urea groups is 1. The number of para-hydroxylation sites is 1. The van der Waals surface area contributed by atoms with Crippen molar-refractivity contribution in [2.24, 2.45) is 0 Å². The summed E-state index contributed by atoms with van der Waals surface area (Å²) in [6, 6.07) is 7.39. The fraction of sp³-hybridized carbons (Fsp3) is 0.444. The topological polar surface area (TPSA) is 63.2 Å². The molecule has 5 nitrogen and oxygen atoms in total. The van der Waals surface area contributed by atoms with Gasteiger partial charge in [-0.05, 0) is 13.0 Å². The average molecular weight is 347 g/mol. The number of hydrogen-bond donors (Lipinski definition) is 2. The first-order chi connectivity index (χ1) is 11.4. The molecular formula is C18H25N3O2S. The Balaban J connectivity index is 1.91. The molecule has 0 aliphatic heterocycles. The van der Waals surface area contributed by atoms with Crippen molar-refractivity contribution in [2.75, 3.05) is 11.9 Å². The van der Waals surface area contributed by atoms with E-state index in [1.54, 1.807) is 11.3 Å². The molecule has 130 valence electrons. The van der Waals surface area contributed by atoms with Crippen LogP contribution in [-0.2, 0) is 23.3 Å². The third kappa shape index (κ3) is 5.32. The first kappa shape index (κ1) is 18.4. The molecule has 0 aliphatic rings. The molecule has 0 atom stereocenters. The van der Waals surface area contributed by atoms with Gasteiger partial charge in [-0.15, -0.1) is 11.3 Å². The smallest absolute Gasteiger partial charge is 0.319 e. The third-order valence-corrected chi connectivity index (χ3v) is 4.30. The summed E-state index contributed by atoms with van der Waals surface area (Å²) in [5, 5.41) is 8.67. The SMILES string of the molecule is CCOCc1ccccc1NC(=O)NCc1nc(C(C)(C)C)cs1. The summed E-state index contributed by atoms with van der Waals surface area (Å²) in [5.74, 6) is 0. The van der Waals surface area contributed by atoms with Gasteiger partial charge in [-0.3, -0.25) is 0 Å². The summed E-state index contributed by atoms with van der Waals surface area (Å²) >= 11 is 1.57. The zero-order chi connectivity index (χ0) is 17.6. The molecule has 24 heavy (non-hydrogen) atoms. The van der Waals surface area contributed by atoms with Crippen LogP contribution in [0.1, 0.15) is 44.0 Å². The van der Waals surface area contributed by atoms with Crippen LogP contribution in [0.15, 0.2) is 29.6 Å². The lowest BCUT2D eigenvalue weighted by atomic mass is 9.93. The molecular weight excluding hydrogens is 322 g/mol. The van der Waals surface area contributed by atoms with Crippen LogP contribution in [-0.4, -0.2) is 17.6 Å². The normalized spacial score (nSPS) is 11.3. The lowest BCUT2D eigenvalue weighted by Crippen LogP contribution is -2.28. The van der Waals surface area contributed by atoms with E-state index in [9.17, 15) is 4.79 Å². The molecule has 0 saturated heterocycles. The largest absolute Gasteiger partial charge is 0.377 e. The number of thiazole rings is 1. The van der Waals surface area contributed by atoms with Crippen LogP contribution < -0.4 is 10.6 Å². The van der Waals surface area contributed by atoms with Gasteiger partial charge in [0.2, 0.25) is 0 Å². The van der Waals surface area contributed by atoms with Crippen molar-refractivity contribution in [3.63, 3.8) is 0 Å². The summed E-state index contributed by atoms with van der Waals surface area (Å²) in [6.07, 6.45) is 0. The van der Waals surface area contributed by atoms with Crippen molar-refractivity contribution in [3.05, 3.63) is 45.9 Å². The zero-order valence-corrected chi connectivity index (χ0v) is 15.5. The van der Waals surface area contributed by atoms with Gasteiger partial charge in [-0.2, -0.15) is 0 Å². The summed E-state index contributed by atoms with van der Waals surface area (Å²) in [5.41, 5.74) is 2.79. The number of nitrogens with zero attached hydrogens (tertiary/aromatic N) is 1. The Morgan fingerprint density at radius 1 is 1.29 bits per heavy atom. The second kappa shape index (κ2) is 8.26. The average Bonchev–Trinajstić information content (AvgIpc) is 3.01. The van der Waals surface area contributed by atoms with E-state index in [1.165, 1.54) is 0 Å². The molecule has 0 unspecified atom stereocenters. The first-order valence-corrected chi connectivity index (χ1v) is 8.93. The number of anilines is 1. The molecule has 0 spiro atoms. The number of benzene rings is 1. The Morgan fingerprint density at radius 3 is 2.71 bits per heavy atom. The van der Waals surface area contributed by atoms with Gasteiger partial charge in [-0.1, -0.05) is 39.0 Å². The Morgan fingerprint density at radius 2 is 2.04 bits per heavy atom. The van der Waals surface area contributed by atoms with E-state index in [0.717, 1.165) is 22.0 Å². The number of carbonyl (C=O) groups is 1. The quantitative estimate of drug-likeness (QED) is 0.819. The molecule has 1 aromatic heterocycles. The standard InChI is InChI=1S/C18H25N3O2S/c1-5-23-11-13-8-6-7-9-14(13)20-17(22)19-10-16-21-15(12-24-16)18(2,3)4/h6-9,12H,5,10-11H2,1-4H3,(H2,19,20,22). The summed E-state index contributed by atoms with van der Waals surface area (Å²) in [6.45, 7) is 9.86. The van der Waals surface area contributed by atoms with E-state index < -0.39 is 0 Å². The maximum atomic E-state index is 12.1. The van der Waals surface area contributed by atoms with Crippen molar-refractivity contribution >= 4 is 23.1 Å². The maximum absolute atomic E-state index is 12.1. The molecule has 0 saturated carbocycles. The molecule has 2 rings (SSSR count). The predicted octanol–water partition coefficient (Wildman–Crippen LogP) is 4.30. The van der Waals surface area contributed by atoms with E-state index in [4.69, 9.17) is 4.74 Å². The van der Waals surface area contributed by atoms with Gasteiger partial charge in [0.1, 0.15) is 5.01 Å². The van der Waals surface area contributed by atoms with Crippen molar-refractivity contribution in [1.82, 2.24) is 10.3 Å². The fourth-order valence-corrected chi connectivity index (χ4v) is 3.00. The molecule has 6 heteroatoms. The molecule has 1 heterocycles. The molecule has 0 bridgehead atoms. The first-order valence-electron chi connectivity index (χ1n) is 8.05. The van der Waals surface area contributed by atoms with Gasteiger partial charge in [-0.25, -0.2) is 9.78 Å². The fourth-order valence-electron chi connectivity index (χ4n) is 2.04. The van der Waals surface area contributed by atoms with E-state index in [1.807, 2.05) is 36.6 Å². The van der Waals surface area contributed by atoms with Crippen LogP contribution >= 0.6 is 11.3 Å². The van der Waals surface area contributed by atoms with E-state index in [-0.39, 0.29) is 11.4 Å². The predicted molar refractivity (Wildman–Crippen MR) is 98.4 cm³/mol. The van der Waals surface area contributed by atoms with E-state index in [0.29, 0.717) is 19.8 Å². The number of ether oxygens (including phenoxy) is 1. The van der Waals surface area contributed by atoms with E-state index in [2.05, 4.69) is 36.4 Å². The maximum Gasteiger partial charge on any atom is 0.319 e. The van der Waals surface area contributed by atoms with Crippen molar-refractivity contribution in [1.29, 1.82) is 0 Å². The van der Waals surface area contributed by atoms with Gasteiger partial charge in [0.25, 0.3) is 0 Å². The zero-order valence-electron chi connectivity index (χ0n) is 14.7. The molecule has 2 aromatic rings. The number of amides is 2. The minimum Gasteiger partial charge on any atom is -0.377 e. The Labute approximate surface area is 147 Å². The van der Waals surface area contributed by atoms with Crippen LogP contribution in [0.25, 0.3) is 0 Å². The monoisotopic (exact) mass is 347 g/mol. The molecule has 0 fully saturated rings. The molecule has 2 N–H and O–H groups in total. The summed E-state index contributed by atoms with van der Waals surface area (Å²) in [7, 11) is 0. The van der Waals surface area contributed by atoms with Gasteiger partial charge in [0, 0.05) is 28.7 Å². The highest BCUT2D eigenvalue weighted by atomic mass is 32.1. The number of nitrogens with one attached hydrogen (secondary N) is 2. The Bertz CT molecular complexity index is 677. The number of carbonyl (C=O) groups excluding carboxylic acids is 1. The van der Waals surface area contributed by atoms with Crippen LogP contribution in [0.4, 0.5) is 10.5 Å². The van der Waals surface area contributed by atoms with Gasteiger partial charge in [0.15, 0.2) is 0 Å². The Hall–Kier alpha value is -1.92.